The molecule has 3 rings (SSSR count). The number of ether oxygens (including phenoxy) is 1. The third kappa shape index (κ3) is 2.58. The molecule has 0 amide bonds. The molecule has 1 aromatic carbocycles. The van der Waals surface area contributed by atoms with Crippen LogP contribution in [0.1, 0.15) is 11.6 Å². The van der Waals surface area contributed by atoms with Crippen molar-refractivity contribution in [1.29, 1.82) is 0 Å². The highest BCUT2D eigenvalue weighted by Gasteiger charge is 2.15. The first kappa shape index (κ1) is 13.9. The number of nitrogens with zero attached hydrogens (tertiary/aromatic N) is 5. The molecule has 0 aliphatic carbocycles. The summed E-state index contributed by atoms with van der Waals surface area (Å²) in [5, 5.41) is 4.33. The van der Waals surface area contributed by atoms with Gasteiger partial charge in [0.05, 0.1) is 19.2 Å². The lowest BCUT2D eigenvalue weighted by molar-refractivity contribution is 0.419. The van der Waals surface area contributed by atoms with E-state index >= 15 is 0 Å². The van der Waals surface area contributed by atoms with Crippen molar-refractivity contribution in [3.8, 4) is 5.75 Å². The van der Waals surface area contributed by atoms with Crippen LogP contribution in [0, 0.1) is 0 Å². The van der Waals surface area contributed by atoms with E-state index in [1.807, 2.05) is 25.2 Å². The minimum absolute atomic E-state index is 0.515. The van der Waals surface area contributed by atoms with Gasteiger partial charge in [0.2, 0.25) is 0 Å². The SMILES string of the molecule is COc1cccc2c1nc(CCCl)n2Cc1ncn(C)n1. The fourth-order valence-electron chi connectivity index (χ4n) is 2.38. The second-order valence-corrected chi connectivity index (χ2v) is 5.09. The van der Waals surface area contributed by atoms with Crippen molar-refractivity contribution in [1.82, 2.24) is 24.3 Å². The van der Waals surface area contributed by atoms with Crippen molar-refractivity contribution in [3.05, 3.63) is 36.2 Å². The first-order valence-corrected chi connectivity index (χ1v) is 7.19. The molecule has 0 unspecified atom stereocenters. The molecule has 110 valence electrons. The van der Waals surface area contributed by atoms with E-state index in [9.17, 15) is 0 Å². The summed E-state index contributed by atoms with van der Waals surface area (Å²) in [6, 6.07) is 5.88. The van der Waals surface area contributed by atoms with Gasteiger partial charge in [-0.25, -0.2) is 9.97 Å². The van der Waals surface area contributed by atoms with Gasteiger partial charge in [0, 0.05) is 19.3 Å². The average Bonchev–Trinajstić information content (AvgIpc) is 3.04. The van der Waals surface area contributed by atoms with Gasteiger partial charge in [0.1, 0.15) is 23.4 Å². The number of imidazole rings is 1. The van der Waals surface area contributed by atoms with Crippen LogP contribution in [0.4, 0.5) is 0 Å². The molecular formula is C14H16ClN5O. The molecule has 0 aliphatic rings. The summed E-state index contributed by atoms with van der Waals surface area (Å²) in [4.78, 5) is 8.95. The molecule has 2 aromatic heterocycles. The summed E-state index contributed by atoms with van der Waals surface area (Å²) in [5.74, 6) is 2.94. The van der Waals surface area contributed by atoms with E-state index in [2.05, 4.69) is 19.6 Å². The number of hydrogen-bond acceptors (Lipinski definition) is 4. The minimum atomic E-state index is 0.515. The Morgan fingerprint density at radius 1 is 1.33 bits per heavy atom. The normalized spacial score (nSPS) is 11.2. The van der Waals surface area contributed by atoms with Crippen LogP contribution in [0.15, 0.2) is 24.5 Å². The number of alkyl halides is 1. The van der Waals surface area contributed by atoms with Gasteiger partial charge in [0.25, 0.3) is 0 Å². The lowest BCUT2D eigenvalue weighted by atomic mass is 10.3. The van der Waals surface area contributed by atoms with Crippen molar-refractivity contribution in [2.24, 2.45) is 7.05 Å². The Morgan fingerprint density at radius 3 is 2.86 bits per heavy atom. The second-order valence-electron chi connectivity index (χ2n) is 4.72. The third-order valence-corrected chi connectivity index (χ3v) is 3.49. The van der Waals surface area contributed by atoms with E-state index in [4.69, 9.17) is 16.3 Å². The van der Waals surface area contributed by atoms with Crippen LogP contribution in [0.2, 0.25) is 0 Å². The third-order valence-electron chi connectivity index (χ3n) is 3.31. The van der Waals surface area contributed by atoms with Crippen molar-refractivity contribution in [3.63, 3.8) is 0 Å². The standard InChI is InChI=1S/C14H16ClN5O/c1-19-9-16-12(18-19)8-20-10-4-3-5-11(21-2)14(10)17-13(20)6-7-15/h3-5,9H,6-8H2,1-2H3. The van der Waals surface area contributed by atoms with Crippen LogP contribution < -0.4 is 4.74 Å². The van der Waals surface area contributed by atoms with E-state index in [0.717, 1.165) is 28.4 Å². The van der Waals surface area contributed by atoms with Crippen LogP contribution in [-0.4, -0.2) is 37.3 Å². The van der Waals surface area contributed by atoms with E-state index < -0.39 is 0 Å². The maximum Gasteiger partial charge on any atom is 0.170 e. The van der Waals surface area contributed by atoms with Crippen molar-refractivity contribution < 1.29 is 4.74 Å². The van der Waals surface area contributed by atoms with Crippen LogP contribution >= 0.6 is 11.6 Å². The quantitative estimate of drug-likeness (QED) is 0.677. The molecule has 3 aromatic rings. The number of para-hydroxylation sites is 1. The molecule has 0 fully saturated rings. The highest BCUT2D eigenvalue weighted by atomic mass is 35.5. The lowest BCUT2D eigenvalue weighted by Gasteiger charge is -2.06. The first-order valence-electron chi connectivity index (χ1n) is 6.65. The number of methoxy groups -OCH3 is 1. The summed E-state index contributed by atoms with van der Waals surface area (Å²) in [6.45, 7) is 0.566. The highest BCUT2D eigenvalue weighted by Crippen LogP contribution is 2.26. The molecule has 0 saturated carbocycles. The summed E-state index contributed by atoms with van der Waals surface area (Å²) < 4.78 is 9.17. The number of rotatable bonds is 5. The van der Waals surface area contributed by atoms with Crippen LogP contribution in [0.25, 0.3) is 11.0 Å². The molecule has 6 nitrogen and oxygen atoms in total. The first-order chi connectivity index (χ1) is 10.2. The number of halogens is 1. The Balaban J connectivity index is 2.11. The molecule has 0 radical (unpaired) electrons. The number of fused-ring (bicyclic) bond motifs is 1. The van der Waals surface area contributed by atoms with Gasteiger partial charge in [-0.1, -0.05) is 6.07 Å². The van der Waals surface area contributed by atoms with Crippen LogP contribution in [-0.2, 0) is 20.0 Å². The summed E-state index contributed by atoms with van der Waals surface area (Å²) in [5.41, 5.74) is 1.85. The maximum atomic E-state index is 5.90. The molecule has 21 heavy (non-hydrogen) atoms. The van der Waals surface area contributed by atoms with Crippen LogP contribution in [0.3, 0.4) is 0 Å². The molecule has 7 heteroatoms. The van der Waals surface area contributed by atoms with Gasteiger partial charge >= 0.3 is 0 Å². The smallest absolute Gasteiger partial charge is 0.170 e. The predicted molar refractivity (Wildman–Crippen MR) is 80.8 cm³/mol. The average molecular weight is 306 g/mol. The van der Waals surface area contributed by atoms with Crippen LogP contribution in [0.5, 0.6) is 5.75 Å². The number of aryl methyl sites for hydroxylation is 2. The van der Waals surface area contributed by atoms with Gasteiger partial charge in [-0.2, -0.15) is 5.10 Å². The molecule has 0 aliphatic heterocycles. The van der Waals surface area contributed by atoms with Crippen molar-refractivity contribution in [2.45, 2.75) is 13.0 Å². The van der Waals surface area contributed by atoms with Crippen molar-refractivity contribution >= 4 is 22.6 Å². The number of hydrogen-bond donors (Lipinski definition) is 0. The van der Waals surface area contributed by atoms with Gasteiger partial charge in [-0.3, -0.25) is 4.68 Å². The number of benzene rings is 1. The molecule has 0 atom stereocenters. The lowest BCUT2D eigenvalue weighted by Crippen LogP contribution is -2.07. The maximum absolute atomic E-state index is 5.90. The zero-order valence-electron chi connectivity index (χ0n) is 12.0. The Labute approximate surface area is 127 Å². The van der Waals surface area contributed by atoms with Gasteiger partial charge in [-0.05, 0) is 12.1 Å². The topological polar surface area (TPSA) is 57.8 Å². The molecule has 0 bridgehead atoms. The Kier molecular flexibility index (Phi) is 3.79. The van der Waals surface area contributed by atoms with E-state index in [-0.39, 0.29) is 0 Å². The Morgan fingerprint density at radius 2 is 2.19 bits per heavy atom. The highest BCUT2D eigenvalue weighted by molar-refractivity contribution is 6.17. The van der Waals surface area contributed by atoms with Gasteiger partial charge in [0.15, 0.2) is 5.82 Å². The molecule has 0 N–H and O–H groups in total. The minimum Gasteiger partial charge on any atom is -0.494 e. The van der Waals surface area contributed by atoms with E-state index in [1.54, 1.807) is 18.1 Å². The van der Waals surface area contributed by atoms with Crippen molar-refractivity contribution in [2.75, 3.05) is 13.0 Å². The summed E-state index contributed by atoms with van der Waals surface area (Å²) in [7, 11) is 3.50. The number of aromatic nitrogens is 5. The molecule has 0 spiro atoms. The monoisotopic (exact) mass is 305 g/mol. The molecular weight excluding hydrogens is 290 g/mol. The van der Waals surface area contributed by atoms with E-state index in [1.165, 1.54) is 0 Å². The largest absolute Gasteiger partial charge is 0.494 e. The molecule has 0 saturated heterocycles. The fourth-order valence-corrected chi connectivity index (χ4v) is 2.55. The fraction of sp³-hybridized carbons (Fsp3) is 0.357. The van der Waals surface area contributed by atoms with Gasteiger partial charge in [-0.15, -0.1) is 11.6 Å². The van der Waals surface area contributed by atoms with Gasteiger partial charge < -0.3 is 9.30 Å². The molecule has 2 heterocycles. The van der Waals surface area contributed by atoms with E-state index in [0.29, 0.717) is 18.8 Å². The zero-order valence-corrected chi connectivity index (χ0v) is 12.7. The Bertz CT molecular complexity index is 764. The second kappa shape index (κ2) is 5.73. The summed E-state index contributed by atoms with van der Waals surface area (Å²) in [6.07, 6.45) is 2.38. The summed E-state index contributed by atoms with van der Waals surface area (Å²) >= 11 is 5.90. The Hall–Kier alpha value is -2.08. The zero-order chi connectivity index (χ0) is 14.8. The predicted octanol–water partition coefficient (Wildman–Crippen LogP) is 2.00.